The molecule has 162 valence electrons. The van der Waals surface area contributed by atoms with Gasteiger partial charge in [0.15, 0.2) is 11.6 Å². The lowest BCUT2D eigenvalue weighted by Crippen LogP contribution is -2.49. The van der Waals surface area contributed by atoms with Gasteiger partial charge in [-0.25, -0.2) is 4.39 Å². The van der Waals surface area contributed by atoms with Crippen molar-refractivity contribution in [1.29, 1.82) is 0 Å². The highest BCUT2D eigenvalue weighted by Crippen LogP contribution is 2.34. The maximum absolute atomic E-state index is 13.5. The van der Waals surface area contributed by atoms with E-state index in [-0.39, 0.29) is 18.0 Å². The van der Waals surface area contributed by atoms with Crippen molar-refractivity contribution in [2.24, 2.45) is 0 Å². The van der Waals surface area contributed by atoms with Crippen molar-refractivity contribution in [2.75, 3.05) is 51.2 Å². The molecule has 30 heavy (non-hydrogen) atoms. The van der Waals surface area contributed by atoms with Crippen LogP contribution in [0.2, 0.25) is 0 Å². The van der Waals surface area contributed by atoms with E-state index in [1.807, 2.05) is 4.90 Å². The number of hydrogen-bond donors (Lipinski definition) is 1. The SMILES string of the molecule is O=C(CN1CCN(CCOc2ccccc2F)CC1)Nc1ccccc1C(F)(F)F. The van der Waals surface area contributed by atoms with Crippen molar-refractivity contribution in [3.8, 4) is 5.75 Å². The molecule has 1 fully saturated rings. The molecule has 0 atom stereocenters. The van der Waals surface area contributed by atoms with Gasteiger partial charge in [0.2, 0.25) is 5.91 Å². The number of rotatable bonds is 7. The molecule has 5 nitrogen and oxygen atoms in total. The normalized spacial score (nSPS) is 15.7. The van der Waals surface area contributed by atoms with E-state index in [9.17, 15) is 22.4 Å². The van der Waals surface area contributed by atoms with Gasteiger partial charge < -0.3 is 10.1 Å². The summed E-state index contributed by atoms with van der Waals surface area (Å²) in [4.78, 5) is 16.2. The first-order valence-electron chi connectivity index (χ1n) is 9.61. The van der Waals surface area contributed by atoms with Crippen LogP contribution in [0.3, 0.4) is 0 Å². The summed E-state index contributed by atoms with van der Waals surface area (Å²) in [6.45, 7) is 3.57. The van der Waals surface area contributed by atoms with Crippen molar-refractivity contribution in [2.45, 2.75) is 6.18 Å². The maximum atomic E-state index is 13.5. The second kappa shape index (κ2) is 9.90. The van der Waals surface area contributed by atoms with E-state index in [1.54, 1.807) is 18.2 Å². The summed E-state index contributed by atoms with van der Waals surface area (Å²) in [5, 5.41) is 2.36. The molecule has 1 amide bonds. The monoisotopic (exact) mass is 425 g/mol. The number of ether oxygens (including phenoxy) is 1. The Morgan fingerprint density at radius 2 is 1.60 bits per heavy atom. The second-order valence-corrected chi connectivity index (χ2v) is 6.99. The van der Waals surface area contributed by atoms with Crippen molar-refractivity contribution < 1.29 is 27.1 Å². The first-order valence-corrected chi connectivity index (χ1v) is 9.61. The van der Waals surface area contributed by atoms with Crippen molar-refractivity contribution >= 4 is 11.6 Å². The van der Waals surface area contributed by atoms with E-state index >= 15 is 0 Å². The van der Waals surface area contributed by atoms with Crippen LogP contribution in [0.1, 0.15) is 5.56 Å². The van der Waals surface area contributed by atoms with Crippen LogP contribution in [-0.4, -0.2) is 61.6 Å². The molecule has 0 bridgehead atoms. The van der Waals surface area contributed by atoms with E-state index in [4.69, 9.17) is 4.74 Å². The Balaban J connectivity index is 1.41. The number of nitrogens with zero attached hydrogens (tertiary/aromatic N) is 2. The molecule has 0 radical (unpaired) electrons. The van der Waals surface area contributed by atoms with E-state index in [1.165, 1.54) is 24.3 Å². The summed E-state index contributed by atoms with van der Waals surface area (Å²) < 4.78 is 58.1. The molecule has 1 aliphatic heterocycles. The number of carbonyl (C=O) groups is 1. The molecule has 0 aromatic heterocycles. The highest BCUT2D eigenvalue weighted by Gasteiger charge is 2.33. The summed E-state index contributed by atoms with van der Waals surface area (Å²) in [6, 6.07) is 11.1. The third-order valence-electron chi connectivity index (χ3n) is 4.84. The first-order chi connectivity index (χ1) is 14.3. The molecule has 2 aromatic rings. The molecule has 0 saturated carbocycles. The van der Waals surface area contributed by atoms with Crippen molar-refractivity contribution in [3.63, 3.8) is 0 Å². The summed E-state index contributed by atoms with van der Waals surface area (Å²) >= 11 is 0. The van der Waals surface area contributed by atoms with E-state index in [0.29, 0.717) is 39.3 Å². The Hall–Kier alpha value is -2.65. The molecule has 0 unspecified atom stereocenters. The lowest BCUT2D eigenvalue weighted by molar-refractivity contribution is -0.137. The highest BCUT2D eigenvalue weighted by molar-refractivity contribution is 5.93. The Labute approximate surface area is 172 Å². The summed E-state index contributed by atoms with van der Waals surface area (Å²) in [5.41, 5.74) is -1.10. The Morgan fingerprint density at radius 1 is 0.967 bits per heavy atom. The maximum Gasteiger partial charge on any atom is 0.418 e. The minimum absolute atomic E-state index is 0.0196. The van der Waals surface area contributed by atoms with Gasteiger partial charge in [0.1, 0.15) is 6.61 Å². The van der Waals surface area contributed by atoms with Gasteiger partial charge in [0.25, 0.3) is 0 Å². The third kappa shape index (κ3) is 6.17. The molecule has 0 spiro atoms. The summed E-state index contributed by atoms with van der Waals surface area (Å²) in [5.74, 6) is -0.671. The number of nitrogens with one attached hydrogen (secondary N) is 1. The smallest absolute Gasteiger partial charge is 0.418 e. The lowest BCUT2D eigenvalue weighted by Gasteiger charge is -2.34. The Morgan fingerprint density at radius 3 is 2.30 bits per heavy atom. The average Bonchev–Trinajstić information content (AvgIpc) is 2.70. The quantitative estimate of drug-likeness (QED) is 0.690. The van der Waals surface area contributed by atoms with Crippen LogP contribution >= 0.6 is 0 Å². The number of amides is 1. The lowest BCUT2D eigenvalue weighted by atomic mass is 10.1. The van der Waals surface area contributed by atoms with Crippen LogP contribution in [-0.2, 0) is 11.0 Å². The van der Waals surface area contributed by atoms with Crippen LogP contribution in [0.25, 0.3) is 0 Å². The van der Waals surface area contributed by atoms with E-state index in [2.05, 4.69) is 10.2 Å². The summed E-state index contributed by atoms with van der Waals surface area (Å²) in [6.07, 6.45) is -4.53. The van der Waals surface area contributed by atoms with Crippen LogP contribution in [0, 0.1) is 5.82 Å². The fourth-order valence-corrected chi connectivity index (χ4v) is 3.25. The molecule has 2 aromatic carbocycles. The van der Waals surface area contributed by atoms with Gasteiger partial charge >= 0.3 is 6.18 Å². The van der Waals surface area contributed by atoms with Crippen molar-refractivity contribution in [1.82, 2.24) is 9.80 Å². The largest absolute Gasteiger partial charge is 0.489 e. The van der Waals surface area contributed by atoms with Crippen LogP contribution in [0.4, 0.5) is 23.2 Å². The van der Waals surface area contributed by atoms with Crippen molar-refractivity contribution in [3.05, 3.63) is 59.9 Å². The van der Waals surface area contributed by atoms with Gasteiger partial charge in [-0.3, -0.25) is 14.6 Å². The minimum atomic E-state index is -4.53. The van der Waals surface area contributed by atoms with Gasteiger partial charge in [-0.1, -0.05) is 24.3 Å². The fraction of sp³-hybridized carbons (Fsp3) is 0.381. The van der Waals surface area contributed by atoms with Gasteiger partial charge in [-0.05, 0) is 24.3 Å². The minimum Gasteiger partial charge on any atom is -0.489 e. The topological polar surface area (TPSA) is 44.8 Å². The standard InChI is InChI=1S/C21H23F4N3O2/c22-17-6-2-4-8-19(17)30-14-13-27-9-11-28(12-10-27)15-20(29)26-18-7-3-1-5-16(18)21(23,24)25/h1-8H,9-15H2,(H,26,29). The number of para-hydroxylation sites is 2. The van der Waals surface area contributed by atoms with Crippen LogP contribution in [0.5, 0.6) is 5.75 Å². The molecule has 3 rings (SSSR count). The van der Waals surface area contributed by atoms with Gasteiger partial charge in [-0.2, -0.15) is 13.2 Å². The van der Waals surface area contributed by atoms with E-state index < -0.39 is 23.5 Å². The molecule has 1 saturated heterocycles. The molecule has 1 N–H and O–H groups in total. The molecule has 9 heteroatoms. The number of piperazine rings is 1. The number of hydrogen-bond acceptors (Lipinski definition) is 4. The van der Waals surface area contributed by atoms with Gasteiger partial charge in [0.05, 0.1) is 17.8 Å². The number of carbonyl (C=O) groups excluding carboxylic acids is 1. The fourth-order valence-electron chi connectivity index (χ4n) is 3.25. The molecule has 0 aliphatic carbocycles. The third-order valence-corrected chi connectivity index (χ3v) is 4.84. The average molecular weight is 425 g/mol. The summed E-state index contributed by atoms with van der Waals surface area (Å²) in [7, 11) is 0. The van der Waals surface area contributed by atoms with E-state index in [0.717, 1.165) is 6.07 Å². The number of alkyl halides is 3. The zero-order valence-electron chi connectivity index (χ0n) is 16.3. The number of halogens is 4. The Bertz CT molecular complexity index is 852. The molecular weight excluding hydrogens is 402 g/mol. The van der Waals surface area contributed by atoms with Crippen LogP contribution in [0.15, 0.2) is 48.5 Å². The molecule has 1 heterocycles. The first kappa shape index (κ1) is 22.0. The highest BCUT2D eigenvalue weighted by atomic mass is 19.4. The van der Waals surface area contributed by atoms with Crippen LogP contribution < -0.4 is 10.1 Å². The predicted molar refractivity (Wildman–Crippen MR) is 105 cm³/mol. The van der Waals surface area contributed by atoms with Gasteiger partial charge in [-0.15, -0.1) is 0 Å². The number of anilines is 1. The zero-order chi connectivity index (χ0) is 21.6. The predicted octanol–water partition coefficient (Wildman–Crippen LogP) is 3.48. The van der Waals surface area contributed by atoms with Gasteiger partial charge in [0, 0.05) is 32.7 Å². The Kier molecular flexibility index (Phi) is 7.28. The zero-order valence-corrected chi connectivity index (χ0v) is 16.3. The molecule has 1 aliphatic rings. The second-order valence-electron chi connectivity index (χ2n) is 6.99. The number of benzene rings is 2. The molecular formula is C21H23F4N3O2.